The highest BCUT2D eigenvalue weighted by Crippen LogP contribution is 2.45. The van der Waals surface area contributed by atoms with Crippen molar-refractivity contribution < 1.29 is 9.90 Å². The molecule has 0 aliphatic carbocycles. The van der Waals surface area contributed by atoms with E-state index in [0.717, 1.165) is 43.6 Å². The first-order chi connectivity index (χ1) is 7.21. The normalized spacial score (nSPS) is 20.1. The van der Waals surface area contributed by atoms with Crippen LogP contribution in [-0.2, 0) is 4.79 Å². The molecule has 0 unspecified atom stereocenters. The summed E-state index contributed by atoms with van der Waals surface area (Å²) in [6.07, 6.45) is 4.91. The summed E-state index contributed by atoms with van der Waals surface area (Å²) in [6, 6.07) is 0. The summed E-state index contributed by atoms with van der Waals surface area (Å²) in [5.41, 5.74) is 0. The van der Waals surface area contributed by atoms with Crippen molar-refractivity contribution in [2.24, 2.45) is 0 Å². The van der Waals surface area contributed by atoms with Gasteiger partial charge in [0.25, 0.3) is 0 Å². The van der Waals surface area contributed by atoms with Crippen LogP contribution in [0.15, 0.2) is 0 Å². The molecule has 15 heavy (non-hydrogen) atoms. The summed E-state index contributed by atoms with van der Waals surface area (Å²) in [6.45, 7) is 0. The molecule has 1 saturated heterocycles. The Balaban J connectivity index is 2.39. The first-order valence-corrected chi connectivity index (χ1v) is 7.79. The zero-order valence-electron chi connectivity index (χ0n) is 8.71. The molecule has 0 spiro atoms. The van der Waals surface area contributed by atoms with Gasteiger partial charge in [0.15, 0.2) is 4.08 Å². The second-order valence-electron chi connectivity index (χ2n) is 3.61. The van der Waals surface area contributed by atoms with Gasteiger partial charge in [-0.2, -0.15) is 0 Å². The molecular weight excluding hydrogens is 252 g/mol. The lowest BCUT2D eigenvalue weighted by Crippen LogP contribution is -2.34. The molecule has 5 heteroatoms. The number of hydrogen-bond donors (Lipinski definition) is 1. The van der Waals surface area contributed by atoms with E-state index in [0.29, 0.717) is 5.88 Å². The molecule has 0 radical (unpaired) electrons. The SMILES string of the molecule is O=C(O)C1(CCCCCCl)SCCCS1. The number of carboxylic acids is 1. The highest BCUT2D eigenvalue weighted by atomic mass is 35.5. The maximum atomic E-state index is 11.3. The molecule has 1 rings (SSSR count). The highest BCUT2D eigenvalue weighted by molar-refractivity contribution is 8.19. The molecular formula is C10H17ClO2S2. The van der Waals surface area contributed by atoms with Gasteiger partial charge in [-0.05, 0) is 30.8 Å². The number of carbonyl (C=O) groups is 1. The minimum atomic E-state index is -0.650. The first-order valence-electron chi connectivity index (χ1n) is 5.28. The third kappa shape index (κ3) is 4.08. The Morgan fingerprint density at radius 1 is 1.27 bits per heavy atom. The molecule has 0 aromatic rings. The fourth-order valence-corrected chi connectivity index (χ4v) is 4.84. The average molecular weight is 269 g/mol. The number of carboxylic acid groups (broad SMARTS) is 1. The van der Waals surface area contributed by atoms with Crippen molar-refractivity contribution in [2.45, 2.75) is 36.2 Å². The molecule has 1 heterocycles. The third-order valence-electron chi connectivity index (χ3n) is 2.42. The molecule has 0 saturated carbocycles. The zero-order chi connectivity index (χ0) is 11.1. The van der Waals surface area contributed by atoms with Crippen LogP contribution >= 0.6 is 35.1 Å². The van der Waals surface area contributed by atoms with Crippen LogP contribution in [0.1, 0.15) is 32.1 Å². The molecule has 1 fully saturated rings. The largest absolute Gasteiger partial charge is 0.480 e. The minimum Gasteiger partial charge on any atom is -0.480 e. The van der Waals surface area contributed by atoms with Gasteiger partial charge in [0.1, 0.15) is 0 Å². The Morgan fingerprint density at radius 2 is 1.93 bits per heavy atom. The van der Waals surface area contributed by atoms with E-state index in [1.165, 1.54) is 0 Å². The van der Waals surface area contributed by atoms with Gasteiger partial charge in [-0.1, -0.05) is 12.8 Å². The lowest BCUT2D eigenvalue weighted by Gasteiger charge is -2.31. The summed E-state index contributed by atoms with van der Waals surface area (Å²) in [5.74, 6) is 1.99. The highest BCUT2D eigenvalue weighted by Gasteiger charge is 2.40. The molecule has 0 aromatic carbocycles. The Morgan fingerprint density at radius 3 is 2.47 bits per heavy atom. The fourth-order valence-electron chi connectivity index (χ4n) is 1.58. The second kappa shape index (κ2) is 6.92. The van der Waals surface area contributed by atoms with E-state index in [2.05, 4.69) is 0 Å². The number of alkyl halides is 1. The van der Waals surface area contributed by atoms with Crippen molar-refractivity contribution in [1.29, 1.82) is 0 Å². The van der Waals surface area contributed by atoms with Gasteiger partial charge in [0.2, 0.25) is 0 Å². The molecule has 0 bridgehead atoms. The zero-order valence-corrected chi connectivity index (χ0v) is 11.1. The summed E-state index contributed by atoms with van der Waals surface area (Å²) in [4.78, 5) is 11.3. The van der Waals surface area contributed by atoms with E-state index in [9.17, 15) is 9.90 Å². The topological polar surface area (TPSA) is 37.3 Å². The predicted octanol–water partition coefficient (Wildman–Crippen LogP) is 3.44. The van der Waals surface area contributed by atoms with Gasteiger partial charge >= 0.3 is 5.97 Å². The molecule has 0 amide bonds. The van der Waals surface area contributed by atoms with E-state index in [-0.39, 0.29) is 0 Å². The van der Waals surface area contributed by atoms with Crippen molar-refractivity contribution in [3.63, 3.8) is 0 Å². The van der Waals surface area contributed by atoms with Gasteiger partial charge < -0.3 is 5.11 Å². The van der Waals surface area contributed by atoms with Crippen LogP contribution < -0.4 is 0 Å². The lowest BCUT2D eigenvalue weighted by molar-refractivity contribution is -0.137. The van der Waals surface area contributed by atoms with Crippen LogP contribution in [-0.4, -0.2) is 32.5 Å². The molecule has 1 N–H and O–H groups in total. The summed E-state index contributed by atoms with van der Waals surface area (Å²) < 4.78 is -0.565. The van der Waals surface area contributed by atoms with Crippen molar-refractivity contribution in [3.8, 4) is 0 Å². The first kappa shape index (κ1) is 13.5. The fraction of sp³-hybridized carbons (Fsp3) is 0.900. The smallest absolute Gasteiger partial charge is 0.330 e. The Labute approximate surface area is 105 Å². The molecule has 0 aromatic heterocycles. The van der Waals surface area contributed by atoms with Crippen molar-refractivity contribution >= 4 is 41.1 Å². The Kier molecular flexibility index (Phi) is 6.24. The Bertz CT molecular complexity index is 206. The van der Waals surface area contributed by atoms with Crippen LogP contribution in [0.25, 0.3) is 0 Å². The maximum absolute atomic E-state index is 11.3. The van der Waals surface area contributed by atoms with Crippen LogP contribution in [0, 0.1) is 0 Å². The molecule has 88 valence electrons. The number of halogens is 1. The van der Waals surface area contributed by atoms with E-state index in [1.54, 1.807) is 23.5 Å². The van der Waals surface area contributed by atoms with Crippen molar-refractivity contribution in [3.05, 3.63) is 0 Å². The van der Waals surface area contributed by atoms with Crippen LogP contribution in [0.5, 0.6) is 0 Å². The summed E-state index contributed by atoms with van der Waals surface area (Å²) in [7, 11) is 0. The summed E-state index contributed by atoms with van der Waals surface area (Å²) in [5, 5.41) is 9.28. The number of thioether (sulfide) groups is 2. The van der Waals surface area contributed by atoms with Crippen LogP contribution in [0.4, 0.5) is 0 Å². The van der Waals surface area contributed by atoms with E-state index in [4.69, 9.17) is 11.6 Å². The monoisotopic (exact) mass is 268 g/mol. The molecule has 2 nitrogen and oxygen atoms in total. The average Bonchev–Trinajstić information content (AvgIpc) is 2.26. The van der Waals surface area contributed by atoms with Crippen molar-refractivity contribution in [2.75, 3.05) is 17.4 Å². The van der Waals surface area contributed by atoms with Crippen LogP contribution in [0.2, 0.25) is 0 Å². The molecule has 0 atom stereocenters. The van der Waals surface area contributed by atoms with E-state index in [1.807, 2.05) is 0 Å². The van der Waals surface area contributed by atoms with Gasteiger partial charge in [-0.3, -0.25) is 0 Å². The number of aliphatic carboxylic acids is 1. The van der Waals surface area contributed by atoms with Gasteiger partial charge in [0, 0.05) is 5.88 Å². The lowest BCUT2D eigenvalue weighted by atomic mass is 10.1. The van der Waals surface area contributed by atoms with Crippen molar-refractivity contribution in [1.82, 2.24) is 0 Å². The predicted molar refractivity (Wildman–Crippen MR) is 69.1 cm³/mol. The van der Waals surface area contributed by atoms with E-state index >= 15 is 0 Å². The van der Waals surface area contributed by atoms with Crippen LogP contribution in [0.3, 0.4) is 0 Å². The molecule has 1 aliphatic heterocycles. The Hall–Kier alpha value is 0.460. The van der Waals surface area contributed by atoms with Gasteiger partial charge in [-0.25, -0.2) is 4.79 Å². The number of rotatable bonds is 6. The summed E-state index contributed by atoms with van der Waals surface area (Å²) >= 11 is 8.81. The van der Waals surface area contributed by atoms with Gasteiger partial charge in [-0.15, -0.1) is 35.1 Å². The van der Waals surface area contributed by atoms with Gasteiger partial charge in [0.05, 0.1) is 0 Å². The standard InChI is InChI=1S/C10H17ClO2S2/c11-6-3-1-2-5-10(9(12)13)14-7-4-8-15-10/h1-8H2,(H,12,13). The maximum Gasteiger partial charge on any atom is 0.330 e. The second-order valence-corrected chi connectivity index (χ2v) is 7.03. The minimum absolute atomic E-state index is 0.565. The van der Waals surface area contributed by atoms with E-state index < -0.39 is 10.0 Å². The number of hydrogen-bond acceptors (Lipinski definition) is 3. The third-order valence-corrected chi connectivity index (χ3v) is 6.07. The molecule has 1 aliphatic rings. The number of unbranched alkanes of at least 4 members (excludes halogenated alkanes) is 2. The quantitative estimate of drug-likeness (QED) is 0.592.